The van der Waals surface area contributed by atoms with Crippen LogP contribution in [-0.4, -0.2) is 287 Å². The van der Waals surface area contributed by atoms with Gasteiger partial charge in [0.1, 0.15) is 59.6 Å². The SMILES string of the molecule is CO[C@H]1C[C@@H]2CC[C@@H](C)[C@@](O)(O2)C(=O)C(=O)N2CCCC[C@H]2C(=O)O[C@H]([C@H](C)C[C@@H]2CC[C@@H](OC(=O)NCCOCCOCCOCCOCCOCCOCCOCCOCCC(=O)N3CCc4cc(Cn5nc(-c6ccc7oc(N)nc7c6)c6c(N)ncnc65)ccc4C3)[C@H](OC)C2)CC(=O)[C@H](C)C=C(C)[C@@H](O)[C@@H](OC)C(=O)[C@H](C)C[C@H](C)C=CC=CC=C1C. The smallest absolute Gasteiger partial charge is 0.407 e. The van der Waals surface area contributed by atoms with Crippen LogP contribution in [0.5, 0.6) is 0 Å². The highest BCUT2D eigenvalue weighted by Gasteiger charge is 2.53. The molecule has 2 aromatic carbocycles. The van der Waals surface area contributed by atoms with Crippen molar-refractivity contribution in [1.82, 2.24) is 39.8 Å². The number of methoxy groups -OCH3 is 3. The summed E-state index contributed by atoms with van der Waals surface area (Å²) in [4.78, 5) is 115. The molecule has 34 nitrogen and oxygen atoms in total. The molecule has 2 bridgehead atoms. The lowest BCUT2D eigenvalue weighted by Gasteiger charge is -2.42. The average molecular weight is 1780 g/mol. The molecule has 7 N–H and O–H groups in total. The summed E-state index contributed by atoms with van der Waals surface area (Å²) >= 11 is 0. The summed E-state index contributed by atoms with van der Waals surface area (Å²) < 4.78 is 88.3. The number of nitrogen functional groups attached to an aromatic ring is 2. The van der Waals surface area contributed by atoms with Gasteiger partial charge in [0.2, 0.25) is 11.7 Å². The van der Waals surface area contributed by atoms with Crippen molar-refractivity contribution in [2.45, 2.75) is 206 Å². The number of hydrogen-bond donors (Lipinski definition) is 5. The number of anilines is 2. The Morgan fingerprint density at radius 1 is 0.709 bits per heavy atom. The summed E-state index contributed by atoms with van der Waals surface area (Å²) in [6, 6.07) is 10.7. The molecule has 1 aliphatic carbocycles. The number of oxazole rings is 1. The number of nitrogens with zero attached hydrogens (tertiary/aromatic N) is 7. The first-order chi connectivity index (χ1) is 61.3. The number of aliphatic hydroxyl groups is 2. The van der Waals surface area contributed by atoms with Crippen molar-refractivity contribution >= 4 is 75.2 Å². The number of cyclic esters (lactones) is 1. The van der Waals surface area contributed by atoms with E-state index in [4.69, 9.17) is 87.3 Å². The predicted molar refractivity (Wildman–Crippen MR) is 470 cm³/mol. The zero-order valence-electron chi connectivity index (χ0n) is 75.5. The van der Waals surface area contributed by atoms with Crippen LogP contribution in [0.1, 0.15) is 149 Å². The number of benzene rings is 2. The second-order valence-corrected chi connectivity index (χ2v) is 33.9. The van der Waals surface area contributed by atoms with Crippen molar-refractivity contribution in [3.05, 3.63) is 107 Å². The summed E-state index contributed by atoms with van der Waals surface area (Å²) in [6.45, 7) is 20.2. The number of nitrogens with two attached hydrogens (primary N) is 2. The van der Waals surface area contributed by atoms with E-state index in [0.717, 1.165) is 28.7 Å². The fourth-order valence-electron chi connectivity index (χ4n) is 17.1. The molecule has 5 aliphatic rings. The number of nitrogens with one attached hydrogen (secondary N) is 1. The summed E-state index contributed by atoms with van der Waals surface area (Å²) in [6.07, 6.45) is 11.8. The van der Waals surface area contributed by atoms with E-state index in [9.17, 15) is 43.8 Å². The van der Waals surface area contributed by atoms with Crippen LogP contribution in [0, 0.1) is 35.5 Å². The van der Waals surface area contributed by atoms with Crippen molar-refractivity contribution in [2.75, 3.05) is 158 Å². The molecule has 34 heteroatoms. The first kappa shape index (κ1) is 100. The first-order valence-corrected chi connectivity index (χ1v) is 44.8. The van der Waals surface area contributed by atoms with Crippen LogP contribution in [0.2, 0.25) is 0 Å². The predicted octanol–water partition coefficient (Wildman–Crippen LogP) is 9.18. The molecular formula is C93H134N10O24. The van der Waals surface area contributed by atoms with Gasteiger partial charge in [-0.2, -0.15) is 10.1 Å². The zero-order valence-corrected chi connectivity index (χ0v) is 75.5. The molecule has 700 valence electrons. The number of rotatable bonds is 37. The Kier molecular flexibility index (Phi) is 40.2. The maximum Gasteiger partial charge on any atom is 0.407 e. The first-order valence-electron chi connectivity index (χ1n) is 44.8. The van der Waals surface area contributed by atoms with Gasteiger partial charge in [-0.15, -0.1) is 0 Å². The van der Waals surface area contributed by atoms with Crippen molar-refractivity contribution in [2.24, 2.45) is 35.5 Å². The number of ether oxygens (including phenoxy) is 14. The number of aromatic nitrogens is 5. The van der Waals surface area contributed by atoms with Gasteiger partial charge in [-0.3, -0.25) is 24.0 Å². The Morgan fingerprint density at radius 2 is 1.39 bits per heavy atom. The largest absolute Gasteiger partial charge is 0.460 e. The summed E-state index contributed by atoms with van der Waals surface area (Å²) in [5.41, 5.74) is 19.9. The molecule has 5 aromatic rings. The Hall–Kier alpha value is -8.85. The van der Waals surface area contributed by atoms with Crippen molar-refractivity contribution in [3.8, 4) is 11.3 Å². The fraction of sp³-hybridized carbons (Fsp3) is 0.645. The number of aliphatic hydroxyl groups excluding tert-OH is 1. The van der Waals surface area contributed by atoms with E-state index < -0.39 is 102 Å². The number of alkyl carbamates (subject to hydrolysis) is 1. The van der Waals surface area contributed by atoms with E-state index in [-0.39, 0.29) is 80.7 Å². The molecular weight excluding hydrogens is 1640 g/mol. The number of ketones is 3. The topological polar surface area (TPSA) is 429 Å². The van der Waals surface area contributed by atoms with E-state index in [1.165, 1.54) is 23.9 Å². The number of carbonyl (C=O) groups is 7. The Balaban J connectivity index is 0.552. The molecule has 0 unspecified atom stereocenters. The molecule has 4 aliphatic heterocycles. The lowest BCUT2D eigenvalue weighted by molar-refractivity contribution is -0.265. The van der Waals surface area contributed by atoms with Crippen LogP contribution in [0.15, 0.2) is 94.7 Å². The molecule has 3 fully saturated rings. The molecule has 0 spiro atoms. The van der Waals surface area contributed by atoms with E-state index in [1.54, 1.807) is 54.1 Å². The number of esters is 1. The van der Waals surface area contributed by atoms with Gasteiger partial charge in [0, 0.05) is 83.7 Å². The van der Waals surface area contributed by atoms with E-state index >= 15 is 0 Å². The number of amides is 3. The number of fused-ring (bicyclic) bond motifs is 6. The van der Waals surface area contributed by atoms with Gasteiger partial charge in [0.05, 0.1) is 142 Å². The molecule has 3 amide bonds. The molecule has 1 saturated carbocycles. The second kappa shape index (κ2) is 50.9. The number of carbonyl (C=O) groups excluding carboxylic acids is 7. The second-order valence-electron chi connectivity index (χ2n) is 33.9. The lowest BCUT2D eigenvalue weighted by Crippen LogP contribution is -2.61. The lowest BCUT2D eigenvalue weighted by atomic mass is 9.78. The molecule has 2 saturated heterocycles. The quantitative estimate of drug-likeness (QED) is 0.0107. The van der Waals surface area contributed by atoms with Crippen LogP contribution >= 0.6 is 0 Å². The number of Topliss-reactive ketones (excluding diaryl/α,β-unsaturated/α-hetero) is 3. The fourth-order valence-corrected chi connectivity index (χ4v) is 17.1. The summed E-state index contributed by atoms with van der Waals surface area (Å²) in [7, 11) is 4.49. The minimum atomic E-state index is -2.48. The monoisotopic (exact) mass is 1770 g/mol. The maximum absolute atomic E-state index is 14.8. The standard InChI is InChI=1S/C93H134N10O24/c1-59-16-12-11-13-17-60(2)77(113-8)54-71-24-19-65(7)93(112,127-71)86(108)89(109)102-30-15-14-18-73(102)90(110)124-78(55-74(104)61(3)49-64(6)84(107)85(115-10)83(106)63(5)48-59)62(4)50-66-21-25-76(79(52-66)114-9)126-92(111)96-29-33-117-35-37-119-39-41-121-43-45-123-47-46-122-44-42-120-40-38-118-36-34-116-32-28-80(105)101-31-27-68-51-67(20-22-70(68)57-101)56-103-88-81(87(94)97-58-98-88)82(100-103)69-23-26-75-72(53-69)99-91(95)125-75/h11-13,16-17,20,22-23,26,49,51,53,58-59,61-63,65-66,71,73,76-79,84-85,107,112H,14-15,18-19,21,24-25,27-48,50,52,54-57H2,1-10H3,(H2,95,99)(H,96,111)(H2,94,97,98)/t59-,61-,62-,63-,65-,66+,71+,73+,76-,77+,78+,79-,84-,85+,93-/m1/s1. The average Bonchev–Trinajstić information content (AvgIpc) is 1.71. The summed E-state index contributed by atoms with van der Waals surface area (Å²) in [5, 5.41) is 32.1. The molecule has 10 rings (SSSR count). The minimum Gasteiger partial charge on any atom is -0.460 e. The highest BCUT2D eigenvalue weighted by atomic mass is 16.6. The van der Waals surface area contributed by atoms with Crippen LogP contribution in [-0.2, 0) is 115 Å². The number of hydrogen-bond acceptors (Lipinski definition) is 30. The van der Waals surface area contributed by atoms with Gasteiger partial charge >= 0.3 is 12.1 Å². The normalized spacial score (nSPS) is 25.7. The highest BCUT2D eigenvalue weighted by Crippen LogP contribution is 2.40. The zero-order chi connectivity index (χ0) is 90.9. The third-order valence-corrected chi connectivity index (χ3v) is 24.5. The number of piperidine rings is 1. The molecule has 3 aromatic heterocycles. The third-order valence-electron chi connectivity index (χ3n) is 24.5. The van der Waals surface area contributed by atoms with Gasteiger partial charge in [0.25, 0.3) is 17.7 Å². The van der Waals surface area contributed by atoms with Crippen molar-refractivity contribution in [3.63, 3.8) is 0 Å². The van der Waals surface area contributed by atoms with Crippen LogP contribution in [0.4, 0.5) is 16.6 Å². The van der Waals surface area contributed by atoms with Gasteiger partial charge in [-0.25, -0.2) is 24.2 Å². The molecule has 127 heavy (non-hydrogen) atoms. The van der Waals surface area contributed by atoms with E-state index in [2.05, 4.69) is 38.5 Å². The maximum atomic E-state index is 14.8. The highest BCUT2D eigenvalue weighted by molar-refractivity contribution is 6.39. The molecule has 7 heterocycles. The van der Waals surface area contributed by atoms with Crippen LogP contribution in [0.3, 0.4) is 0 Å². The minimum absolute atomic E-state index is 0.0193. The van der Waals surface area contributed by atoms with Gasteiger partial charge in [0.15, 0.2) is 17.0 Å². The Bertz CT molecular complexity index is 4510. The third kappa shape index (κ3) is 29.3. The van der Waals surface area contributed by atoms with E-state index in [0.29, 0.717) is 216 Å². The Labute approximate surface area is 744 Å². The Morgan fingerprint density at radius 3 is 2.06 bits per heavy atom. The van der Waals surface area contributed by atoms with Gasteiger partial charge < -0.3 is 108 Å². The van der Waals surface area contributed by atoms with Crippen molar-refractivity contribution in [1.29, 1.82) is 0 Å². The van der Waals surface area contributed by atoms with Gasteiger partial charge in [-0.1, -0.05) is 89.3 Å². The van der Waals surface area contributed by atoms with Crippen LogP contribution < -0.4 is 16.8 Å². The number of allylic oxidation sites excluding steroid dienone is 6. The summed E-state index contributed by atoms with van der Waals surface area (Å²) in [5.74, 6) is -8.31. The van der Waals surface area contributed by atoms with Crippen LogP contribution in [0.25, 0.3) is 33.4 Å². The van der Waals surface area contributed by atoms with Crippen molar-refractivity contribution < 1.29 is 115 Å². The van der Waals surface area contributed by atoms with Gasteiger partial charge in [-0.05, 0) is 148 Å². The van der Waals surface area contributed by atoms with E-state index in [1.807, 2.05) is 72.9 Å². The molecule has 0 radical (unpaired) electrons. The molecule has 15 atom stereocenters.